The van der Waals surface area contributed by atoms with Crippen LogP contribution in [0.4, 0.5) is 5.69 Å². The number of rotatable bonds is 3. The Morgan fingerprint density at radius 1 is 0.941 bits per heavy atom. The summed E-state index contributed by atoms with van der Waals surface area (Å²) in [5, 5.41) is 9.41. The highest BCUT2D eigenvalue weighted by Gasteiger charge is 2.64. The molecule has 3 heterocycles. The Hall–Kier alpha value is -2.86. The molecule has 6 rings (SSSR count). The number of benzene rings is 3. The van der Waals surface area contributed by atoms with E-state index < -0.39 is 5.54 Å². The quantitative estimate of drug-likeness (QED) is 0.503. The van der Waals surface area contributed by atoms with Crippen LogP contribution < -0.4 is 10.7 Å². The predicted molar refractivity (Wildman–Crippen MR) is 136 cm³/mol. The second-order valence-corrected chi connectivity index (χ2v) is 10.1. The number of nitrogens with zero attached hydrogens (tertiary/aromatic N) is 2. The number of hydrazone groups is 1. The molecule has 1 spiro atoms. The monoisotopic (exact) mass is 490 g/mol. The second-order valence-electron chi connectivity index (χ2n) is 9.26. The lowest BCUT2D eigenvalue weighted by atomic mass is 9.70. The average molecular weight is 491 g/mol. The number of nitrogens with one attached hydrogen (secondary N) is 2. The highest BCUT2D eigenvalue weighted by atomic mass is 35.5. The standard InChI is InChI=1S/C27H24Cl2N4O/c1-33-15-18(16-8-2-5-11-20(16)28)25(27(33)19-10-4-7-13-22(19)30-26(27)34)24-14-23(31-32-24)17-9-3-6-12-21(17)29/h2-13,18,23,25,31H,14-15H2,1H3,(H,30,34)/t18-,23?,25+,27-/m0/s1. The molecule has 0 aromatic heterocycles. The van der Waals surface area contributed by atoms with Crippen LogP contribution in [0.15, 0.2) is 77.9 Å². The number of carbonyl (C=O) groups is 1. The lowest BCUT2D eigenvalue weighted by Gasteiger charge is -2.36. The van der Waals surface area contributed by atoms with Crippen molar-refractivity contribution in [1.29, 1.82) is 0 Å². The van der Waals surface area contributed by atoms with E-state index in [9.17, 15) is 4.79 Å². The molecule has 0 radical (unpaired) electrons. The summed E-state index contributed by atoms with van der Waals surface area (Å²) < 4.78 is 0. The SMILES string of the molecule is CN1C[C@@H](c2ccccc2Cl)[C@H](C2=NNC(c3ccccc3Cl)C2)[C@@]12C(=O)Nc1ccccc12. The summed E-state index contributed by atoms with van der Waals surface area (Å²) in [6.45, 7) is 0.686. The maximum atomic E-state index is 13.8. The Morgan fingerprint density at radius 3 is 2.32 bits per heavy atom. The van der Waals surface area contributed by atoms with E-state index in [4.69, 9.17) is 28.3 Å². The van der Waals surface area contributed by atoms with Crippen LogP contribution in [0.3, 0.4) is 0 Å². The Labute approximate surface area is 208 Å². The molecule has 5 nitrogen and oxygen atoms in total. The molecule has 1 saturated heterocycles. The molecule has 3 aliphatic rings. The zero-order valence-corrected chi connectivity index (χ0v) is 20.1. The molecule has 3 aromatic rings. The van der Waals surface area contributed by atoms with Crippen molar-refractivity contribution in [2.24, 2.45) is 11.0 Å². The second kappa shape index (κ2) is 8.12. The molecule has 3 aromatic carbocycles. The number of fused-ring (bicyclic) bond motifs is 2. The first-order valence-corrected chi connectivity index (χ1v) is 12.2. The van der Waals surface area contributed by atoms with E-state index in [1.54, 1.807) is 0 Å². The molecular weight excluding hydrogens is 467 g/mol. The number of hydrogen-bond acceptors (Lipinski definition) is 4. The fourth-order valence-corrected chi connectivity index (χ4v) is 6.69. The molecule has 0 aliphatic carbocycles. The van der Waals surface area contributed by atoms with Gasteiger partial charge in [-0.25, -0.2) is 0 Å². The molecule has 3 aliphatic heterocycles. The van der Waals surface area contributed by atoms with E-state index in [0.29, 0.717) is 23.0 Å². The molecule has 34 heavy (non-hydrogen) atoms. The third kappa shape index (κ3) is 3.04. The number of halogens is 2. The topological polar surface area (TPSA) is 56.7 Å². The van der Waals surface area contributed by atoms with Gasteiger partial charge in [-0.2, -0.15) is 5.10 Å². The fraction of sp³-hybridized carbons (Fsp3) is 0.259. The number of amides is 1. The molecule has 7 heteroatoms. The number of para-hydroxylation sites is 1. The van der Waals surface area contributed by atoms with Crippen LogP contribution in [0.25, 0.3) is 0 Å². The number of anilines is 1. The highest BCUT2D eigenvalue weighted by Crippen LogP contribution is 2.56. The Bertz CT molecular complexity index is 1330. The average Bonchev–Trinajstić information content (AvgIpc) is 3.51. The van der Waals surface area contributed by atoms with Gasteiger partial charge in [-0.3, -0.25) is 9.69 Å². The molecule has 172 valence electrons. The smallest absolute Gasteiger partial charge is 0.250 e. The first-order chi connectivity index (χ1) is 16.5. The van der Waals surface area contributed by atoms with Crippen LogP contribution in [0.2, 0.25) is 10.0 Å². The van der Waals surface area contributed by atoms with Gasteiger partial charge >= 0.3 is 0 Å². The van der Waals surface area contributed by atoms with Crippen LogP contribution in [0.5, 0.6) is 0 Å². The van der Waals surface area contributed by atoms with Gasteiger partial charge in [-0.1, -0.05) is 77.8 Å². The van der Waals surface area contributed by atoms with Crippen molar-refractivity contribution in [3.8, 4) is 0 Å². The maximum Gasteiger partial charge on any atom is 0.250 e. The summed E-state index contributed by atoms with van der Waals surface area (Å²) in [5.74, 6) is -0.207. The number of likely N-dealkylation sites (tertiary alicyclic amines) is 1. The third-order valence-electron chi connectivity index (χ3n) is 7.58. The van der Waals surface area contributed by atoms with E-state index >= 15 is 0 Å². The molecular formula is C27H24Cl2N4O. The van der Waals surface area contributed by atoms with Gasteiger partial charge in [0.15, 0.2) is 0 Å². The van der Waals surface area contributed by atoms with Gasteiger partial charge in [0, 0.05) is 51.8 Å². The molecule has 0 bridgehead atoms. The first kappa shape index (κ1) is 21.7. The van der Waals surface area contributed by atoms with Crippen molar-refractivity contribution in [2.45, 2.75) is 23.9 Å². The zero-order valence-electron chi connectivity index (χ0n) is 18.6. The minimum atomic E-state index is -0.865. The normalized spacial score (nSPS) is 28.0. The third-order valence-corrected chi connectivity index (χ3v) is 8.27. The summed E-state index contributed by atoms with van der Waals surface area (Å²) in [5.41, 5.74) is 7.31. The zero-order chi connectivity index (χ0) is 23.4. The van der Waals surface area contributed by atoms with Crippen LogP contribution in [0, 0.1) is 5.92 Å². The summed E-state index contributed by atoms with van der Waals surface area (Å²) in [4.78, 5) is 16.0. The Morgan fingerprint density at radius 2 is 1.59 bits per heavy atom. The maximum absolute atomic E-state index is 13.8. The van der Waals surface area contributed by atoms with Gasteiger partial charge in [-0.05, 0) is 36.4 Å². The number of likely N-dealkylation sites (N-methyl/N-ethyl adjacent to an activating group) is 1. The fourth-order valence-electron chi connectivity index (χ4n) is 6.15. The first-order valence-electron chi connectivity index (χ1n) is 11.4. The summed E-state index contributed by atoms with van der Waals surface area (Å²) in [6.07, 6.45) is 0.667. The van der Waals surface area contributed by atoms with Gasteiger partial charge in [-0.15, -0.1) is 0 Å². The molecule has 1 fully saturated rings. The van der Waals surface area contributed by atoms with Crippen molar-refractivity contribution in [1.82, 2.24) is 10.3 Å². The van der Waals surface area contributed by atoms with Crippen molar-refractivity contribution < 1.29 is 4.79 Å². The van der Waals surface area contributed by atoms with Crippen molar-refractivity contribution >= 4 is 40.5 Å². The van der Waals surface area contributed by atoms with Crippen molar-refractivity contribution in [3.63, 3.8) is 0 Å². The molecule has 1 amide bonds. The van der Waals surface area contributed by atoms with E-state index in [1.165, 1.54) is 0 Å². The molecule has 2 N–H and O–H groups in total. The van der Waals surface area contributed by atoms with Gasteiger partial charge in [0.2, 0.25) is 5.91 Å². The minimum Gasteiger partial charge on any atom is -0.324 e. The number of hydrogen-bond donors (Lipinski definition) is 2. The number of carbonyl (C=O) groups excluding carboxylic acids is 1. The van der Waals surface area contributed by atoms with Crippen molar-refractivity contribution in [2.75, 3.05) is 18.9 Å². The largest absolute Gasteiger partial charge is 0.324 e. The molecule has 0 saturated carbocycles. The van der Waals surface area contributed by atoms with Gasteiger partial charge in [0.1, 0.15) is 5.54 Å². The van der Waals surface area contributed by atoms with Crippen LogP contribution in [-0.4, -0.2) is 30.1 Å². The minimum absolute atomic E-state index is 0.00107. The van der Waals surface area contributed by atoms with Gasteiger partial charge < -0.3 is 10.7 Å². The summed E-state index contributed by atoms with van der Waals surface area (Å²) in [7, 11) is 2.03. The van der Waals surface area contributed by atoms with Gasteiger partial charge in [0.25, 0.3) is 0 Å². The highest BCUT2D eigenvalue weighted by molar-refractivity contribution is 6.31. The van der Waals surface area contributed by atoms with E-state index in [0.717, 1.165) is 28.1 Å². The van der Waals surface area contributed by atoms with Crippen LogP contribution in [-0.2, 0) is 10.3 Å². The predicted octanol–water partition coefficient (Wildman–Crippen LogP) is 5.58. The van der Waals surface area contributed by atoms with Crippen LogP contribution in [0.1, 0.15) is 35.1 Å². The molecule has 1 unspecified atom stereocenters. The summed E-state index contributed by atoms with van der Waals surface area (Å²) >= 11 is 13.2. The Balaban J connectivity index is 1.49. The van der Waals surface area contributed by atoms with E-state index in [2.05, 4.69) is 27.8 Å². The van der Waals surface area contributed by atoms with Crippen LogP contribution >= 0.6 is 23.2 Å². The van der Waals surface area contributed by atoms with E-state index in [-0.39, 0.29) is 23.8 Å². The lowest BCUT2D eigenvalue weighted by Crippen LogP contribution is -2.51. The summed E-state index contributed by atoms with van der Waals surface area (Å²) in [6, 6.07) is 23.7. The van der Waals surface area contributed by atoms with E-state index in [1.807, 2.05) is 67.7 Å². The Kier molecular flexibility index (Phi) is 5.17. The van der Waals surface area contributed by atoms with Gasteiger partial charge in [0.05, 0.1) is 6.04 Å². The lowest BCUT2D eigenvalue weighted by molar-refractivity contribution is -0.126. The van der Waals surface area contributed by atoms with Crippen molar-refractivity contribution in [3.05, 3.63) is 99.5 Å². The molecule has 4 atom stereocenters.